The molecule has 0 unspecified atom stereocenters. The lowest BCUT2D eigenvalue weighted by Crippen LogP contribution is -2.13. The Morgan fingerprint density at radius 3 is 1.36 bits per heavy atom. The van der Waals surface area contributed by atoms with Gasteiger partial charge in [-0.05, 0) is 48.5 Å². The number of nitrogens with zero attached hydrogens (tertiary/aromatic N) is 2. The van der Waals surface area contributed by atoms with E-state index in [4.69, 9.17) is 9.47 Å². The summed E-state index contributed by atoms with van der Waals surface area (Å²) in [6, 6.07) is 15.0. The molecule has 0 bridgehead atoms. The fourth-order valence-electron chi connectivity index (χ4n) is 2.26. The van der Waals surface area contributed by atoms with Crippen molar-refractivity contribution in [1.82, 2.24) is 0 Å². The minimum absolute atomic E-state index is 0.188. The maximum absolute atomic E-state index is 11.1. The maximum Gasteiger partial charge on any atom is 0.386 e. The van der Waals surface area contributed by atoms with Gasteiger partial charge in [-0.2, -0.15) is 13.2 Å². The Balaban J connectivity index is 0.000000500. The highest BCUT2D eigenvalue weighted by molar-refractivity contribution is 7.66. The van der Waals surface area contributed by atoms with Crippen molar-refractivity contribution in [3.05, 3.63) is 59.7 Å². The molecule has 0 aromatic heterocycles. The van der Waals surface area contributed by atoms with Crippen LogP contribution in [-0.4, -0.2) is 41.1 Å². The van der Waals surface area contributed by atoms with E-state index in [1.54, 1.807) is 14.2 Å². The molecule has 0 spiro atoms. The van der Waals surface area contributed by atoms with Crippen molar-refractivity contribution in [2.75, 3.05) is 14.2 Å². The van der Waals surface area contributed by atoms with Crippen LogP contribution in [0.5, 0.6) is 11.5 Å². The molecule has 0 radical (unpaired) electrons. The normalized spacial score (nSPS) is 13.1. The number of ether oxygens (including phenoxy) is 2. The fraction of sp³-hybridized carbons (Fsp3) is 0.211. The molecule has 5 nitrogen and oxygen atoms in total. The summed E-state index contributed by atoms with van der Waals surface area (Å²) >= 11 is 0.287. The van der Waals surface area contributed by atoms with Gasteiger partial charge in [-0.1, -0.05) is 0 Å². The van der Waals surface area contributed by atoms with Gasteiger partial charge in [0.2, 0.25) is 5.11 Å². The third-order valence-corrected chi connectivity index (χ3v) is 3.77. The summed E-state index contributed by atoms with van der Waals surface area (Å²) in [5.41, 5.74) is 3.11. The first-order valence-electron chi connectivity index (χ1n) is 7.95. The highest BCUT2D eigenvalue weighted by atomic mass is 32.1. The third kappa shape index (κ3) is 6.05. The minimum Gasteiger partial charge on any atom is -0.497 e. The molecule has 0 atom stereocenters. The van der Waals surface area contributed by atoms with Crippen LogP contribution in [0.3, 0.4) is 0 Å². The van der Waals surface area contributed by atoms with E-state index in [-0.39, 0.29) is 23.3 Å². The van der Waals surface area contributed by atoms with Crippen LogP contribution in [0, 0.1) is 0 Å². The predicted molar refractivity (Wildman–Crippen MR) is 104 cm³/mol. The van der Waals surface area contributed by atoms with Gasteiger partial charge in [0.05, 0.1) is 14.2 Å². The number of aliphatic imine (C=N–C) groups is 2. The van der Waals surface area contributed by atoms with Crippen LogP contribution in [0.1, 0.15) is 18.1 Å². The number of benzene rings is 2. The van der Waals surface area contributed by atoms with E-state index < -0.39 is 6.18 Å². The quantitative estimate of drug-likeness (QED) is 0.719. The maximum atomic E-state index is 11.1. The minimum atomic E-state index is -4.00. The molecule has 0 saturated heterocycles. The Kier molecular flexibility index (Phi) is 7.11. The van der Waals surface area contributed by atoms with Crippen molar-refractivity contribution in [1.29, 1.82) is 0 Å². The van der Waals surface area contributed by atoms with E-state index >= 15 is 0 Å². The largest absolute Gasteiger partial charge is 0.497 e. The van der Waals surface area contributed by atoms with Gasteiger partial charge in [-0.3, -0.25) is 0 Å². The van der Waals surface area contributed by atoms with E-state index in [9.17, 15) is 17.4 Å². The van der Waals surface area contributed by atoms with Crippen LogP contribution in [0.25, 0.3) is 0 Å². The lowest BCUT2D eigenvalue weighted by atomic mass is 10.00. The summed E-state index contributed by atoms with van der Waals surface area (Å²) in [7, 11) is 3.23. The van der Waals surface area contributed by atoms with Gasteiger partial charge in [0.25, 0.3) is 0 Å². The molecule has 1 aliphatic heterocycles. The molecular formula is C19H17F3N2O3S. The number of halogens is 3. The van der Waals surface area contributed by atoms with Gasteiger partial charge in [0.15, 0.2) is 0 Å². The summed E-state index contributed by atoms with van der Waals surface area (Å²) in [4.78, 5) is 8.68. The number of methoxy groups -OCH3 is 2. The number of hydrogen-bond acceptors (Lipinski definition) is 3. The van der Waals surface area contributed by atoms with Crippen LogP contribution >= 0.6 is 0 Å². The van der Waals surface area contributed by atoms with Crippen LogP contribution in [0.15, 0.2) is 58.5 Å². The highest BCUT2D eigenvalue weighted by Crippen LogP contribution is 2.20. The molecule has 1 heterocycles. The molecule has 0 amide bonds. The topological polar surface area (TPSA) is 60.2 Å². The van der Waals surface area contributed by atoms with Crippen LogP contribution in [0.2, 0.25) is 0 Å². The van der Waals surface area contributed by atoms with Crippen LogP contribution in [-0.2, 0) is 11.3 Å². The Morgan fingerprint density at radius 2 is 1.11 bits per heavy atom. The van der Waals surface area contributed by atoms with Gasteiger partial charge < -0.3 is 9.47 Å². The summed E-state index contributed by atoms with van der Waals surface area (Å²) < 4.78 is 52.5. The number of hydrogen-bond donors (Lipinski definition) is 0. The second-order valence-corrected chi connectivity index (χ2v) is 6.06. The smallest absolute Gasteiger partial charge is 0.386 e. The molecule has 9 heteroatoms. The molecule has 2 aromatic carbocycles. The zero-order chi connectivity index (χ0) is 20.7. The van der Waals surface area contributed by atoms with Crippen molar-refractivity contribution < 1.29 is 26.9 Å². The van der Waals surface area contributed by atoms with E-state index in [0.717, 1.165) is 22.6 Å². The van der Waals surface area contributed by atoms with Gasteiger partial charge in [0.1, 0.15) is 34.2 Å². The van der Waals surface area contributed by atoms with Crippen molar-refractivity contribution >= 4 is 27.8 Å². The summed E-state index contributed by atoms with van der Waals surface area (Å²) in [6.07, 6.45) is -4.00. The first kappa shape index (κ1) is 21.4. The molecule has 148 valence electrons. The van der Waals surface area contributed by atoms with Gasteiger partial charge >= 0.3 is 6.18 Å². The van der Waals surface area contributed by atoms with Gasteiger partial charge in [0, 0.05) is 18.1 Å². The van der Waals surface area contributed by atoms with Crippen LogP contribution < -0.4 is 9.47 Å². The summed E-state index contributed by atoms with van der Waals surface area (Å²) in [6.45, 7) is 0.188. The van der Waals surface area contributed by atoms with E-state index in [1.165, 1.54) is 0 Å². The van der Waals surface area contributed by atoms with E-state index in [2.05, 4.69) is 9.98 Å². The monoisotopic (exact) mass is 410 g/mol. The third-order valence-electron chi connectivity index (χ3n) is 3.44. The molecular weight excluding hydrogens is 393 g/mol. The molecule has 0 fully saturated rings. The molecule has 0 N–H and O–H groups in total. The van der Waals surface area contributed by atoms with Crippen molar-refractivity contribution in [3.8, 4) is 11.5 Å². The fourth-order valence-corrected chi connectivity index (χ4v) is 2.52. The first-order chi connectivity index (χ1) is 13.2. The Bertz CT molecular complexity index is 859. The van der Waals surface area contributed by atoms with E-state index in [0.29, 0.717) is 11.4 Å². The average Bonchev–Trinajstić information content (AvgIpc) is 3.11. The van der Waals surface area contributed by atoms with Crippen molar-refractivity contribution in [2.24, 2.45) is 9.98 Å². The zero-order valence-electron chi connectivity index (χ0n) is 15.3. The van der Waals surface area contributed by atoms with Crippen LogP contribution in [0.4, 0.5) is 13.2 Å². The molecule has 0 saturated carbocycles. The number of rotatable bonds is 4. The Morgan fingerprint density at radius 1 is 0.786 bits per heavy atom. The van der Waals surface area contributed by atoms with Crippen molar-refractivity contribution in [2.45, 2.75) is 13.1 Å². The molecule has 2 aromatic rings. The van der Waals surface area contributed by atoms with Gasteiger partial charge in [-0.15, -0.1) is 0 Å². The second kappa shape index (κ2) is 9.32. The molecule has 3 rings (SSSR count). The SMILES string of the molecule is CC(F)(F)F.COc1ccc(C2=NC(=S=O)N=C2c2ccc(OC)cc2)cc1. The lowest BCUT2D eigenvalue weighted by Gasteiger charge is -2.07. The van der Waals surface area contributed by atoms with E-state index in [1.807, 2.05) is 48.5 Å². The highest BCUT2D eigenvalue weighted by Gasteiger charge is 2.21. The Hall–Kier alpha value is -2.94. The second-order valence-electron chi connectivity index (χ2n) is 5.52. The summed E-state index contributed by atoms with van der Waals surface area (Å²) in [5.74, 6) is 1.52. The zero-order valence-corrected chi connectivity index (χ0v) is 16.1. The molecule has 28 heavy (non-hydrogen) atoms. The predicted octanol–water partition coefficient (Wildman–Crippen LogP) is 3.86. The standard InChI is InChI=1S/C17H14N2O3S.C2H3F3/c1-21-13-7-3-11(4-8-13)15-16(19-17(18-15)23-20)12-5-9-14(22-2)10-6-12;1-2(3,4)5/h3-10H,1-2H3;1H3. The Labute approximate surface area is 163 Å². The average molecular weight is 410 g/mol. The first-order valence-corrected chi connectivity index (χ1v) is 8.69. The molecule has 1 aliphatic rings. The molecule has 0 aliphatic carbocycles. The number of alkyl halides is 3. The van der Waals surface area contributed by atoms with Gasteiger partial charge in [-0.25, -0.2) is 14.2 Å². The summed E-state index contributed by atoms with van der Waals surface area (Å²) in [5, 5.41) is 0.210. The lowest BCUT2D eigenvalue weighted by molar-refractivity contribution is -0.110. The van der Waals surface area contributed by atoms with Crippen molar-refractivity contribution in [3.63, 3.8) is 0 Å².